The standard InChI is InChI=1S/C26H50P5/c1-31(2)29(25-19-11-5-12-20-25)27(23-15-7-3-8-16-23)28(24-17-9-4-10-18-24)30(31)26-21-13-6-14-22-26/h23-26H,3-22H2,1-2H3/q+1/t27-,28-,29-,30+/m1/s1. The van der Waals surface area contributed by atoms with E-state index in [4.69, 9.17) is 0 Å². The van der Waals surface area contributed by atoms with E-state index in [9.17, 15) is 0 Å². The highest BCUT2D eigenvalue weighted by molar-refractivity contribution is 9.12. The summed E-state index contributed by atoms with van der Waals surface area (Å²) < 4.78 is 0. The van der Waals surface area contributed by atoms with Crippen molar-refractivity contribution in [1.29, 1.82) is 0 Å². The van der Waals surface area contributed by atoms with Gasteiger partial charge in [0.15, 0.2) is 0 Å². The fourth-order valence-electron chi connectivity index (χ4n) is 7.78. The van der Waals surface area contributed by atoms with Crippen molar-refractivity contribution < 1.29 is 0 Å². The fourth-order valence-corrected chi connectivity index (χ4v) is 98.5. The van der Waals surface area contributed by atoms with Crippen molar-refractivity contribution in [1.82, 2.24) is 0 Å². The zero-order chi connectivity index (χ0) is 21.3. The molecule has 1 aliphatic heterocycles. The van der Waals surface area contributed by atoms with Gasteiger partial charge in [0.1, 0.15) is 0 Å². The molecule has 0 aromatic heterocycles. The van der Waals surface area contributed by atoms with Crippen molar-refractivity contribution in [2.45, 2.75) is 151 Å². The second-order valence-electron chi connectivity index (χ2n) is 11.8. The molecule has 178 valence electrons. The highest BCUT2D eigenvalue weighted by Gasteiger charge is 2.68. The van der Waals surface area contributed by atoms with E-state index in [-0.39, 0.29) is 0 Å². The molecule has 1 saturated heterocycles. The minimum atomic E-state index is -0.709. The molecule has 4 aliphatic carbocycles. The Morgan fingerprint density at radius 3 is 0.935 bits per heavy atom. The largest absolute Gasteiger partial charge is 0.0891 e. The molecule has 5 rings (SSSR count). The van der Waals surface area contributed by atoms with Crippen LogP contribution < -0.4 is 0 Å². The molecule has 0 nitrogen and oxygen atoms in total. The van der Waals surface area contributed by atoms with Crippen LogP contribution in [0.5, 0.6) is 0 Å². The van der Waals surface area contributed by atoms with E-state index in [1.165, 1.54) is 22.6 Å². The molecule has 0 radical (unpaired) electrons. The lowest BCUT2D eigenvalue weighted by Gasteiger charge is -2.41. The summed E-state index contributed by atoms with van der Waals surface area (Å²) in [5, 5.41) is 0. The third kappa shape index (κ3) is 5.32. The van der Waals surface area contributed by atoms with Gasteiger partial charge in [-0.25, -0.2) is 0 Å². The highest BCUT2D eigenvalue weighted by atomic mass is 33.0. The lowest BCUT2D eigenvalue weighted by molar-refractivity contribution is 0.507. The first-order chi connectivity index (χ1) is 15.2. The van der Waals surface area contributed by atoms with E-state index in [0.717, 1.165) is 0 Å². The molecule has 0 aromatic carbocycles. The molecule has 5 heteroatoms. The van der Waals surface area contributed by atoms with Crippen LogP contribution in [0, 0.1) is 0 Å². The molecule has 4 atom stereocenters. The second kappa shape index (κ2) is 11.5. The van der Waals surface area contributed by atoms with Crippen molar-refractivity contribution in [2.75, 3.05) is 13.3 Å². The molecular formula is C26H50P5+. The number of rotatable bonds is 4. The lowest BCUT2D eigenvalue weighted by atomic mass is 10.0. The monoisotopic (exact) mass is 517 g/mol. The third-order valence-electron chi connectivity index (χ3n) is 9.24. The Labute approximate surface area is 199 Å². The van der Waals surface area contributed by atoms with E-state index < -0.39 is 6.64 Å². The van der Waals surface area contributed by atoms with Crippen LogP contribution in [0.3, 0.4) is 0 Å². The van der Waals surface area contributed by atoms with Crippen LogP contribution in [0.1, 0.15) is 128 Å². The maximum Gasteiger partial charge on any atom is 0.0891 e. The minimum Gasteiger partial charge on any atom is -0.0533 e. The van der Waals surface area contributed by atoms with Crippen LogP contribution in [0.15, 0.2) is 0 Å². The van der Waals surface area contributed by atoms with Crippen molar-refractivity contribution >= 4 is 35.8 Å². The van der Waals surface area contributed by atoms with Gasteiger partial charge in [-0.15, -0.1) is 0 Å². The van der Waals surface area contributed by atoms with E-state index >= 15 is 0 Å². The van der Waals surface area contributed by atoms with E-state index in [2.05, 4.69) is 13.3 Å². The van der Waals surface area contributed by atoms with E-state index in [0.29, 0.717) is 29.2 Å². The van der Waals surface area contributed by atoms with Gasteiger partial charge < -0.3 is 0 Å². The summed E-state index contributed by atoms with van der Waals surface area (Å²) >= 11 is 0. The molecule has 0 amide bonds. The SMILES string of the molecule is C[P+]1(C)[P@](C2CCCCC2)[P@](C2CCCCC2)[P@@](C2CCCCC2)[P@]1C1CCCCC1. The first-order valence-corrected chi connectivity index (χ1v) is 26.0. The van der Waals surface area contributed by atoms with Crippen molar-refractivity contribution in [3.05, 3.63) is 0 Å². The van der Waals surface area contributed by atoms with Gasteiger partial charge in [-0.1, -0.05) is 77.0 Å². The number of hydrogen-bond donors (Lipinski definition) is 0. The van der Waals surface area contributed by atoms with Gasteiger partial charge in [0, 0.05) is 11.3 Å². The van der Waals surface area contributed by atoms with Crippen LogP contribution in [0.25, 0.3) is 0 Å². The molecule has 31 heavy (non-hydrogen) atoms. The summed E-state index contributed by atoms with van der Waals surface area (Å²) in [5.74, 6) is 0. The predicted molar refractivity (Wildman–Crippen MR) is 154 cm³/mol. The molecule has 0 bridgehead atoms. The normalized spacial score (nSPS) is 39.7. The lowest BCUT2D eigenvalue weighted by Crippen LogP contribution is -2.16. The molecule has 1 heterocycles. The Morgan fingerprint density at radius 1 is 0.387 bits per heavy atom. The molecule has 0 unspecified atom stereocenters. The Morgan fingerprint density at radius 2 is 0.645 bits per heavy atom. The fraction of sp³-hybridized carbons (Fsp3) is 1.00. The first-order valence-electron chi connectivity index (χ1n) is 14.2. The third-order valence-corrected chi connectivity index (χ3v) is 63.1. The Balaban J connectivity index is 1.54. The van der Waals surface area contributed by atoms with Gasteiger partial charge >= 0.3 is 0 Å². The average Bonchev–Trinajstić information content (AvgIpc) is 3.08. The van der Waals surface area contributed by atoms with Gasteiger partial charge in [-0.3, -0.25) is 0 Å². The molecule has 0 spiro atoms. The topological polar surface area (TPSA) is 0 Å². The minimum absolute atomic E-state index is 0.412. The molecular weight excluding hydrogens is 467 g/mol. The zero-order valence-corrected chi connectivity index (χ0v) is 25.2. The van der Waals surface area contributed by atoms with Gasteiger partial charge in [-0.05, 0) is 77.3 Å². The van der Waals surface area contributed by atoms with Crippen molar-refractivity contribution in [2.24, 2.45) is 0 Å². The summed E-state index contributed by atoms with van der Waals surface area (Å²) in [6.07, 6.45) is 32.4. The predicted octanol–water partition coefficient (Wildman–Crippen LogP) is 12.1. The quantitative estimate of drug-likeness (QED) is 0.325. The van der Waals surface area contributed by atoms with Crippen LogP contribution in [-0.2, 0) is 0 Å². The van der Waals surface area contributed by atoms with E-state index in [1.807, 2.05) is 0 Å². The molecule has 0 aromatic rings. The van der Waals surface area contributed by atoms with E-state index in [1.54, 1.807) is 128 Å². The summed E-state index contributed by atoms with van der Waals surface area (Å²) in [7, 11) is 1.66. The Kier molecular flexibility index (Phi) is 9.19. The van der Waals surface area contributed by atoms with Crippen LogP contribution in [0.4, 0.5) is 0 Å². The maximum atomic E-state index is 3.02. The van der Waals surface area contributed by atoms with Crippen LogP contribution in [0.2, 0.25) is 0 Å². The van der Waals surface area contributed by atoms with Crippen molar-refractivity contribution in [3.63, 3.8) is 0 Å². The smallest absolute Gasteiger partial charge is 0.0533 e. The highest BCUT2D eigenvalue weighted by Crippen LogP contribution is 3.28. The second-order valence-corrected chi connectivity index (χ2v) is 41.0. The average molecular weight is 518 g/mol. The van der Waals surface area contributed by atoms with Gasteiger partial charge in [-0.2, -0.15) is 0 Å². The maximum absolute atomic E-state index is 3.02. The first kappa shape index (κ1) is 24.8. The number of hydrogen-bond acceptors (Lipinski definition) is 0. The molecule has 5 aliphatic rings. The van der Waals surface area contributed by atoms with Gasteiger partial charge in [0.2, 0.25) is 0 Å². The Hall–Kier alpha value is 2.15. The van der Waals surface area contributed by atoms with Gasteiger partial charge in [0.05, 0.1) is 34.6 Å². The summed E-state index contributed by atoms with van der Waals surface area (Å²) in [5.41, 5.74) is 4.98. The van der Waals surface area contributed by atoms with Crippen LogP contribution in [-0.4, -0.2) is 36.0 Å². The molecule has 0 N–H and O–H groups in total. The summed E-state index contributed by atoms with van der Waals surface area (Å²) in [6, 6.07) is 0. The zero-order valence-electron chi connectivity index (χ0n) is 20.7. The summed E-state index contributed by atoms with van der Waals surface area (Å²) in [4.78, 5) is 0. The summed E-state index contributed by atoms with van der Waals surface area (Å²) in [6.45, 7) is 5.34. The molecule has 5 fully saturated rings. The van der Waals surface area contributed by atoms with Gasteiger partial charge in [0.25, 0.3) is 0 Å². The Bertz CT molecular complexity index is 508. The molecule has 4 saturated carbocycles. The van der Waals surface area contributed by atoms with Crippen LogP contribution >= 0.6 is 35.8 Å². The van der Waals surface area contributed by atoms with Crippen molar-refractivity contribution in [3.8, 4) is 0 Å².